The molecule has 1 unspecified atom stereocenters. The Hall–Kier alpha value is -1.48. The maximum absolute atomic E-state index is 5.15. The monoisotopic (exact) mass is 486 g/mol. The Kier molecular flexibility index (Phi) is 11.1. The molecule has 0 aliphatic carbocycles. The van der Waals surface area contributed by atoms with Crippen LogP contribution in [0.25, 0.3) is 0 Å². The van der Waals surface area contributed by atoms with Crippen molar-refractivity contribution in [2.75, 3.05) is 20.2 Å². The summed E-state index contributed by atoms with van der Waals surface area (Å²) < 4.78 is 5.15. The number of hydrogen-bond donors (Lipinski definition) is 2. The number of ether oxygens (including phenoxy) is 1. The number of rotatable bonds is 8. The average molecular weight is 486 g/mol. The number of methoxy groups -OCH3 is 1. The molecule has 142 valence electrons. The summed E-state index contributed by atoms with van der Waals surface area (Å²) in [5.41, 5.74) is 1.07. The van der Waals surface area contributed by atoms with Gasteiger partial charge in [-0.25, -0.2) is 9.98 Å². The van der Waals surface area contributed by atoms with E-state index in [0.29, 0.717) is 17.7 Å². The molecule has 0 amide bonds. The fourth-order valence-corrected chi connectivity index (χ4v) is 3.13. The molecule has 0 bridgehead atoms. The Morgan fingerprint density at radius 2 is 2.00 bits per heavy atom. The highest BCUT2D eigenvalue weighted by Crippen LogP contribution is 2.21. The average Bonchev–Trinajstić information content (AvgIpc) is 2.65. The van der Waals surface area contributed by atoms with Crippen molar-refractivity contribution in [2.24, 2.45) is 4.99 Å². The fraction of sp³-hybridized carbons (Fsp3) is 0.368. The van der Waals surface area contributed by atoms with Crippen LogP contribution in [0, 0.1) is 0 Å². The third-order valence-electron chi connectivity index (χ3n) is 3.41. The van der Waals surface area contributed by atoms with Crippen LogP contribution < -0.4 is 15.4 Å². The highest BCUT2D eigenvalue weighted by atomic mass is 127. The van der Waals surface area contributed by atoms with Crippen LogP contribution in [0.15, 0.2) is 58.5 Å². The maximum atomic E-state index is 5.15. The lowest BCUT2D eigenvalue weighted by Gasteiger charge is -2.15. The summed E-state index contributed by atoms with van der Waals surface area (Å²) in [6.45, 7) is 6.52. The van der Waals surface area contributed by atoms with Crippen LogP contribution in [0.4, 0.5) is 0 Å². The van der Waals surface area contributed by atoms with Crippen LogP contribution in [0.5, 0.6) is 5.88 Å². The molecule has 2 N–H and O–H groups in total. The van der Waals surface area contributed by atoms with Crippen molar-refractivity contribution in [2.45, 2.75) is 30.5 Å². The van der Waals surface area contributed by atoms with E-state index in [9.17, 15) is 0 Å². The SMILES string of the molecule is CCNC(=NCc1ccnc(OC)c1)NCC(C)Sc1ccccc1.I. The van der Waals surface area contributed by atoms with Crippen molar-refractivity contribution in [3.63, 3.8) is 0 Å². The molecule has 0 radical (unpaired) electrons. The minimum absolute atomic E-state index is 0. The number of nitrogens with one attached hydrogen (secondary N) is 2. The van der Waals surface area contributed by atoms with Crippen LogP contribution in [0.2, 0.25) is 0 Å². The summed E-state index contributed by atoms with van der Waals surface area (Å²) in [6.07, 6.45) is 1.74. The smallest absolute Gasteiger partial charge is 0.213 e. The molecule has 0 fully saturated rings. The van der Waals surface area contributed by atoms with E-state index >= 15 is 0 Å². The Bertz CT molecular complexity index is 670. The van der Waals surface area contributed by atoms with Gasteiger partial charge in [-0.3, -0.25) is 0 Å². The molecule has 2 rings (SSSR count). The molecule has 0 spiro atoms. The summed E-state index contributed by atoms with van der Waals surface area (Å²) in [6, 6.07) is 14.3. The quantitative estimate of drug-likeness (QED) is 0.256. The number of aromatic nitrogens is 1. The fourth-order valence-electron chi connectivity index (χ4n) is 2.19. The first-order valence-corrected chi connectivity index (χ1v) is 9.32. The molecule has 1 atom stereocenters. The van der Waals surface area contributed by atoms with Crippen LogP contribution in [0.3, 0.4) is 0 Å². The number of halogens is 1. The van der Waals surface area contributed by atoms with E-state index in [1.807, 2.05) is 30.0 Å². The van der Waals surface area contributed by atoms with E-state index in [-0.39, 0.29) is 24.0 Å². The third-order valence-corrected chi connectivity index (χ3v) is 4.52. The van der Waals surface area contributed by atoms with E-state index < -0.39 is 0 Å². The van der Waals surface area contributed by atoms with Gasteiger partial charge in [-0.2, -0.15) is 0 Å². The molecule has 5 nitrogen and oxygen atoms in total. The zero-order chi connectivity index (χ0) is 17.9. The van der Waals surface area contributed by atoms with Crippen molar-refractivity contribution in [3.05, 3.63) is 54.2 Å². The predicted octanol–water partition coefficient (Wildman–Crippen LogP) is 3.94. The van der Waals surface area contributed by atoms with Gasteiger partial charge in [0.05, 0.1) is 13.7 Å². The number of guanidine groups is 1. The molecule has 1 aromatic carbocycles. The second kappa shape index (κ2) is 12.8. The van der Waals surface area contributed by atoms with Gasteiger partial charge in [0.25, 0.3) is 0 Å². The van der Waals surface area contributed by atoms with Crippen LogP contribution in [0.1, 0.15) is 19.4 Å². The molecular formula is C19H27IN4OS. The van der Waals surface area contributed by atoms with Gasteiger partial charge in [-0.1, -0.05) is 25.1 Å². The first-order valence-electron chi connectivity index (χ1n) is 8.44. The number of thioether (sulfide) groups is 1. The molecular weight excluding hydrogens is 459 g/mol. The second-order valence-electron chi connectivity index (χ2n) is 5.52. The Morgan fingerprint density at radius 3 is 2.69 bits per heavy atom. The van der Waals surface area contributed by atoms with Crippen molar-refractivity contribution in [3.8, 4) is 5.88 Å². The van der Waals surface area contributed by atoms with Gasteiger partial charge >= 0.3 is 0 Å². The summed E-state index contributed by atoms with van der Waals surface area (Å²) in [4.78, 5) is 10.0. The van der Waals surface area contributed by atoms with Crippen LogP contribution in [-0.2, 0) is 6.54 Å². The molecule has 0 saturated carbocycles. The molecule has 1 aromatic heterocycles. The predicted molar refractivity (Wildman–Crippen MR) is 121 cm³/mol. The first kappa shape index (κ1) is 22.6. The number of hydrogen-bond acceptors (Lipinski definition) is 4. The normalized spacial score (nSPS) is 12.0. The van der Waals surface area contributed by atoms with Crippen LogP contribution >= 0.6 is 35.7 Å². The number of aliphatic imine (C=N–C) groups is 1. The minimum Gasteiger partial charge on any atom is -0.481 e. The summed E-state index contributed by atoms with van der Waals surface area (Å²) in [5.74, 6) is 1.43. The Labute approximate surface area is 177 Å². The van der Waals surface area contributed by atoms with Gasteiger partial charge in [-0.15, -0.1) is 35.7 Å². The second-order valence-corrected chi connectivity index (χ2v) is 7.04. The lowest BCUT2D eigenvalue weighted by molar-refractivity contribution is 0.397. The van der Waals surface area contributed by atoms with Gasteiger partial charge < -0.3 is 15.4 Å². The van der Waals surface area contributed by atoms with Crippen molar-refractivity contribution >= 4 is 41.7 Å². The molecule has 0 aliphatic rings. The Balaban J connectivity index is 0.00000338. The standard InChI is InChI=1S/C19H26N4OS.HI/c1-4-20-19(23-14-16-10-11-21-18(12-16)24-3)22-13-15(2)25-17-8-6-5-7-9-17;/h5-12,15H,4,13-14H2,1-3H3,(H2,20,22,23);1H. The van der Waals surface area contributed by atoms with Crippen molar-refractivity contribution in [1.82, 2.24) is 15.6 Å². The van der Waals surface area contributed by atoms with Gasteiger partial charge in [0, 0.05) is 35.5 Å². The van der Waals surface area contributed by atoms with Gasteiger partial charge in [0.1, 0.15) is 0 Å². The van der Waals surface area contributed by atoms with Crippen molar-refractivity contribution < 1.29 is 4.74 Å². The molecule has 0 aliphatic heterocycles. The van der Waals surface area contributed by atoms with E-state index in [1.54, 1.807) is 13.3 Å². The van der Waals surface area contributed by atoms with E-state index in [1.165, 1.54) is 4.90 Å². The summed E-state index contributed by atoms with van der Waals surface area (Å²) in [5, 5.41) is 7.13. The summed E-state index contributed by atoms with van der Waals surface area (Å²) in [7, 11) is 1.62. The third kappa shape index (κ3) is 8.27. The molecule has 0 saturated heterocycles. The molecule has 7 heteroatoms. The molecule has 2 aromatic rings. The maximum Gasteiger partial charge on any atom is 0.213 e. The van der Waals surface area contributed by atoms with E-state index in [0.717, 1.165) is 24.6 Å². The highest BCUT2D eigenvalue weighted by molar-refractivity contribution is 14.0. The van der Waals surface area contributed by atoms with E-state index in [2.05, 4.69) is 58.7 Å². The van der Waals surface area contributed by atoms with Gasteiger partial charge in [0.15, 0.2) is 5.96 Å². The molecule has 26 heavy (non-hydrogen) atoms. The van der Waals surface area contributed by atoms with Crippen molar-refractivity contribution in [1.29, 1.82) is 0 Å². The highest BCUT2D eigenvalue weighted by Gasteiger charge is 2.06. The van der Waals surface area contributed by atoms with Crippen LogP contribution in [-0.4, -0.2) is 36.4 Å². The lowest BCUT2D eigenvalue weighted by atomic mass is 10.3. The minimum atomic E-state index is 0. The Morgan fingerprint density at radius 1 is 1.23 bits per heavy atom. The topological polar surface area (TPSA) is 58.5 Å². The lowest BCUT2D eigenvalue weighted by Crippen LogP contribution is -2.40. The van der Waals surface area contributed by atoms with Gasteiger partial charge in [-0.05, 0) is 30.7 Å². The summed E-state index contributed by atoms with van der Waals surface area (Å²) >= 11 is 1.85. The number of pyridine rings is 1. The molecule has 1 heterocycles. The number of nitrogens with zero attached hydrogens (tertiary/aromatic N) is 2. The zero-order valence-electron chi connectivity index (χ0n) is 15.4. The van der Waals surface area contributed by atoms with E-state index in [4.69, 9.17) is 4.74 Å². The first-order chi connectivity index (χ1) is 12.2. The van der Waals surface area contributed by atoms with Gasteiger partial charge in [0.2, 0.25) is 5.88 Å². The zero-order valence-corrected chi connectivity index (χ0v) is 18.6. The number of benzene rings is 1. The largest absolute Gasteiger partial charge is 0.481 e.